The second-order valence-electron chi connectivity index (χ2n) is 5.71. The van der Waals surface area contributed by atoms with Crippen molar-refractivity contribution in [3.63, 3.8) is 0 Å². The van der Waals surface area contributed by atoms with Crippen LogP contribution in [0.25, 0.3) is 0 Å². The zero-order valence-electron chi connectivity index (χ0n) is 12.3. The third kappa shape index (κ3) is 3.69. The molecule has 20 heavy (non-hydrogen) atoms. The fraction of sp³-hybridized carbons (Fsp3) is 0.529. The number of ether oxygens (including phenoxy) is 2. The lowest BCUT2D eigenvalue weighted by molar-refractivity contribution is -0.155. The van der Waals surface area contributed by atoms with Gasteiger partial charge in [0.15, 0.2) is 5.79 Å². The van der Waals surface area contributed by atoms with E-state index in [2.05, 4.69) is 6.58 Å². The largest absolute Gasteiger partial charge is 0.386 e. The van der Waals surface area contributed by atoms with Gasteiger partial charge < -0.3 is 14.6 Å². The van der Waals surface area contributed by atoms with Gasteiger partial charge in [-0.25, -0.2) is 0 Å². The summed E-state index contributed by atoms with van der Waals surface area (Å²) in [7, 11) is 0. The molecule has 1 N–H and O–H groups in total. The van der Waals surface area contributed by atoms with Crippen molar-refractivity contribution in [1.29, 1.82) is 0 Å². The molecular weight excluding hydrogens is 252 g/mol. The molecule has 1 aromatic carbocycles. The molecule has 0 bridgehead atoms. The molecule has 0 amide bonds. The Morgan fingerprint density at radius 1 is 1.30 bits per heavy atom. The lowest BCUT2D eigenvalue weighted by Gasteiger charge is -2.22. The molecule has 0 saturated carbocycles. The molecule has 0 aromatic heterocycles. The summed E-state index contributed by atoms with van der Waals surface area (Å²) in [4.78, 5) is 0. The zero-order valence-corrected chi connectivity index (χ0v) is 12.3. The van der Waals surface area contributed by atoms with Crippen LogP contribution in [0.4, 0.5) is 0 Å². The minimum atomic E-state index is -0.660. The Balaban J connectivity index is 2.08. The van der Waals surface area contributed by atoms with Gasteiger partial charge in [0.25, 0.3) is 0 Å². The molecule has 0 radical (unpaired) electrons. The lowest BCUT2D eigenvalue weighted by atomic mass is 9.97. The summed E-state index contributed by atoms with van der Waals surface area (Å²) in [5.74, 6) is -0.640. The highest BCUT2D eigenvalue weighted by molar-refractivity contribution is 5.19. The van der Waals surface area contributed by atoms with Gasteiger partial charge in [0, 0.05) is 0 Å². The maximum Gasteiger partial charge on any atom is 0.163 e. The number of hydrogen-bond acceptors (Lipinski definition) is 3. The van der Waals surface area contributed by atoms with E-state index in [1.165, 1.54) is 0 Å². The van der Waals surface area contributed by atoms with Gasteiger partial charge >= 0.3 is 0 Å². The van der Waals surface area contributed by atoms with E-state index in [0.717, 1.165) is 24.8 Å². The fourth-order valence-electron chi connectivity index (χ4n) is 2.66. The van der Waals surface area contributed by atoms with E-state index < -0.39 is 11.9 Å². The van der Waals surface area contributed by atoms with E-state index in [1.54, 1.807) is 0 Å². The first kappa shape index (κ1) is 15.2. The van der Waals surface area contributed by atoms with E-state index in [0.29, 0.717) is 0 Å². The molecule has 0 unspecified atom stereocenters. The van der Waals surface area contributed by atoms with E-state index in [-0.39, 0.29) is 12.2 Å². The first-order valence-electron chi connectivity index (χ1n) is 7.23. The van der Waals surface area contributed by atoms with Crippen molar-refractivity contribution in [2.24, 2.45) is 0 Å². The van der Waals surface area contributed by atoms with Crippen molar-refractivity contribution in [3.05, 3.63) is 48.6 Å². The minimum Gasteiger partial charge on any atom is -0.386 e. The fourth-order valence-corrected chi connectivity index (χ4v) is 2.66. The summed E-state index contributed by atoms with van der Waals surface area (Å²) in [5.41, 5.74) is 0.868. The number of allylic oxidation sites excluding steroid dienone is 1. The second kappa shape index (κ2) is 6.53. The van der Waals surface area contributed by atoms with Gasteiger partial charge in [0.05, 0.1) is 6.10 Å². The van der Waals surface area contributed by atoms with Gasteiger partial charge in [-0.3, -0.25) is 0 Å². The molecule has 3 nitrogen and oxygen atoms in total. The molecule has 3 atom stereocenters. The predicted molar refractivity (Wildman–Crippen MR) is 79.3 cm³/mol. The molecule has 1 saturated heterocycles. The van der Waals surface area contributed by atoms with Gasteiger partial charge in [-0.2, -0.15) is 0 Å². The maximum absolute atomic E-state index is 10.6. The van der Waals surface area contributed by atoms with Crippen LogP contribution >= 0.6 is 0 Å². The van der Waals surface area contributed by atoms with E-state index in [9.17, 15) is 5.11 Å². The van der Waals surface area contributed by atoms with Crippen LogP contribution in [0, 0.1) is 0 Å². The van der Waals surface area contributed by atoms with E-state index in [4.69, 9.17) is 9.47 Å². The number of unbranched alkanes of at least 4 members (excludes halogenated alkanes) is 1. The number of aliphatic hydroxyl groups is 1. The van der Waals surface area contributed by atoms with Gasteiger partial charge in [-0.05, 0) is 38.7 Å². The van der Waals surface area contributed by atoms with Crippen LogP contribution in [0.2, 0.25) is 0 Å². The quantitative estimate of drug-likeness (QED) is 0.637. The van der Waals surface area contributed by atoms with Crippen LogP contribution in [-0.2, 0) is 9.47 Å². The lowest BCUT2D eigenvalue weighted by Crippen LogP contribution is -2.29. The van der Waals surface area contributed by atoms with Gasteiger partial charge in [0.2, 0.25) is 0 Å². The molecule has 2 rings (SSSR count). The summed E-state index contributed by atoms with van der Waals surface area (Å²) in [6.45, 7) is 7.52. The molecular formula is C17H24O3. The highest BCUT2D eigenvalue weighted by atomic mass is 16.8. The van der Waals surface area contributed by atoms with Crippen molar-refractivity contribution in [1.82, 2.24) is 0 Å². The van der Waals surface area contributed by atoms with Crippen molar-refractivity contribution in [3.8, 4) is 0 Å². The summed E-state index contributed by atoms with van der Waals surface area (Å²) < 4.78 is 11.8. The maximum atomic E-state index is 10.6. The van der Waals surface area contributed by atoms with E-state index >= 15 is 0 Å². The van der Waals surface area contributed by atoms with E-state index in [1.807, 2.05) is 50.3 Å². The molecule has 1 aliphatic rings. The summed E-state index contributed by atoms with van der Waals surface area (Å²) in [5, 5.41) is 10.6. The highest BCUT2D eigenvalue weighted by Crippen LogP contribution is 2.37. The SMILES string of the molecule is C=CCCC[C@H]1OC(C)(C)O[C@@H]1[C@@H](O)c1ccccc1. The Hall–Kier alpha value is -1.16. The first-order valence-corrected chi connectivity index (χ1v) is 7.23. The van der Waals surface area contributed by atoms with Gasteiger partial charge in [0.1, 0.15) is 12.2 Å². The number of rotatable bonds is 6. The van der Waals surface area contributed by atoms with Gasteiger partial charge in [-0.15, -0.1) is 6.58 Å². The third-order valence-corrected chi connectivity index (χ3v) is 3.57. The molecule has 0 spiro atoms. The van der Waals surface area contributed by atoms with Crippen LogP contribution in [0.1, 0.15) is 44.8 Å². The molecule has 1 heterocycles. The molecule has 1 aromatic rings. The number of hydrogen-bond donors (Lipinski definition) is 1. The standard InChI is InChI=1S/C17H24O3/c1-4-5-7-12-14-16(20-17(2,3)19-14)15(18)13-10-8-6-9-11-13/h4,6,8-11,14-16,18H,1,5,7,12H2,2-3H3/t14-,15+,16+/m1/s1. The Labute approximate surface area is 121 Å². The highest BCUT2D eigenvalue weighted by Gasteiger charge is 2.44. The van der Waals surface area contributed by atoms with Crippen LogP contribution < -0.4 is 0 Å². The summed E-state index contributed by atoms with van der Waals surface area (Å²) in [6, 6.07) is 9.62. The number of aliphatic hydroxyl groups excluding tert-OH is 1. The third-order valence-electron chi connectivity index (χ3n) is 3.57. The van der Waals surface area contributed by atoms with Crippen LogP contribution in [-0.4, -0.2) is 23.1 Å². The summed E-state index contributed by atoms with van der Waals surface area (Å²) >= 11 is 0. The normalized spacial score (nSPS) is 26.4. The van der Waals surface area contributed by atoms with Crippen molar-refractivity contribution >= 4 is 0 Å². The molecule has 1 aliphatic heterocycles. The van der Waals surface area contributed by atoms with Crippen molar-refractivity contribution < 1.29 is 14.6 Å². The Kier molecular flexibility index (Phi) is 4.97. The Morgan fingerprint density at radius 2 is 2.00 bits per heavy atom. The van der Waals surface area contributed by atoms with Crippen LogP contribution in [0.15, 0.2) is 43.0 Å². The molecule has 0 aliphatic carbocycles. The predicted octanol–water partition coefficient (Wildman–Crippen LogP) is 3.60. The molecule has 1 fully saturated rings. The smallest absolute Gasteiger partial charge is 0.163 e. The van der Waals surface area contributed by atoms with Crippen LogP contribution in [0.5, 0.6) is 0 Å². The molecule has 110 valence electrons. The average Bonchev–Trinajstić information content (AvgIpc) is 2.74. The Morgan fingerprint density at radius 3 is 2.65 bits per heavy atom. The average molecular weight is 276 g/mol. The van der Waals surface area contributed by atoms with Crippen LogP contribution in [0.3, 0.4) is 0 Å². The monoisotopic (exact) mass is 276 g/mol. The summed E-state index contributed by atoms with van der Waals surface area (Å²) in [6.07, 6.45) is 3.65. The molecule has 3 heteroatoms. The number of benzene rings is 1. The first-order chi connectivity index (χ1) is 9.53. The van der Waals surface area contributed by atoms with Crippen molar-refractivity contribution in [2.45, 2.75) is 57.2 Å². The second-order valence-corrected chi connectivity index (χ2v) is 5.71. The van der Waals surface area contributed by atoms with Gasteiger partial charge in [-0.1, -0.05) is 36.4 Å². The van der Waals surface area contributed by atoms with Crippen molar-refractivity contribution in [2.75, 3.05) is 0 Å². The minimum absolute atomic E-state index is 0.0832. The topological polar surface area (TPSA) is 38.7 Å². The zero-order chi connectivity index (χ0) is 14.6. The Bertz CT molecular complexity index is 427.